The van der Waals surface area contributed by atoms with Gasteiger partial charge in [-0.2, -0.15) is 5.10 Å². The van der Waals surface area contributed by atoms with Crippen LogP contribution in [-0.2, 0) is 0 Å². The van der Waals surface area contributed by atoms with Crippen LogP contribution in [0, 0.1) is 13.8 Å². The highest BCUT2D eigenvalue weighted by molar-refractivity contribution is 5.92. The Hall–Kier alpha value is -5.87. The fourth-order valence-corrected chi connectivity index (χ4v) is 5.35. The summed E-state index contributed by atoms with van der Waals surface area (Å²) in [6.07, 6.45) is 4.15. The van der Waals surface area contributed by atoms with E-state index >= 15 is 0 Å². The molecule has 0 aliphatic carbocycles. The largest absolute Gasteiger partial charge is 0.497 e. The smallest absolute Gasteiger partial charge is 0.119 e. The Bertz CT molecular complexity index is 1860. The molecule has 4 heteroatoms. The van der Waals surface area contributed by atoms with Crippen molar-refractivity contribution in [2.75, 3.05) is 19.2 Å². The molecule has 0 heterocycles. The van der Waals surface area contributed by atoms with Gasteiger partial charge in [0.15, 0.2) is 0 Å². The molecule has 0 amide bonds. The van der Waals surface area contributed by atoms with Crippen LogP contribution < -0.4 is 14.5 Å². The average molecular weight is 615 g/mol. The quantitative estimate of drug-likeness (QED) is 0.0875. The lowest BCUT2D eigenvalue weighted by molar-refractivity contribution is 0.415. The van der Waals surface area contributed by atoms with E-state index in [1.54, 1.807) is 14.2 Å². The molecule has 6 aromatic carbocycles. The maximum atomic E-state index is 5.35. The predicted octanol–water partition coefficient (Wildman–Crippen LogP) is 10.7. The standard InChI is InChI=1S/C43H38N2O2/c1-31-5-13-37(14-6-31)43(38-15-7-32(2)8-16-38)29-33-9-17-35(18-10-33)36-19-11-34(12-20-36)30-44-45(39-21-25-41(46-3)26-22-39)40-23-27-42(47-4)28-24-40/h5-30H,1-4H3. The van der Waals surface area contributed by atoms with Gasteiger partial charge >= 0.3 is 0 Å². The van der Waals surface area contributed by atoms with E-state index in [2.05, 4.69) is 117 Å². The molecule has 6 rings (SSSR count). The molecule has 4 nitrogen and oxygen atoms in total. The summed E-state index contributed by atoms with van der Waals surface area (Å²) >= 11 is 0. The molecule has 0 aliphatic heterocycles. The van der Waals surface area contributed by atoms with E-state index in [-0.39, 0.29) is 0 Å². The van der Waals surface area contributed by atoms with Gasteiger partial charge in [0, 0.05) is 0 Å². The maximum Gasteiger partial charge on any atom is 0.119 e. The number of hydrazone groups is 1. The molecule has 0 bridgehead atoms. The Morgan fingerprint density at radius 2 is 0.894 bits per heavy atom. The van der Waals surface area contributed by atoms with E-state index in [4.69, 9.17) is 14.6 Å². The number of ether oxygens (including phenoxy) is 2. The third kappa shape index (κ3) is 7.69. The van der Waals surface area contributed by atoms with Gasteiger partial charge in [-0.15, -0.1) is 0 Å². The number of methoxy groups -OCH3 is 2. The molecule has 6 aromatic rings. The summed E-state index contributed by atoms with van der Waals surface area (Å²) in [5, 5.41) is 6.77. The maximum absolute atomic E-state index is 5.35. The summed E-state index contributed by atoms with van der Waals surface area (Å²) in [6.45, 7) is 4.24. The number of hydrogen-bond donors (Lipinski definition) is 0. The fourth-order valence-electron chi connectivity index (χ4n) is 5.35. The molecule has 0 fully saturated rings. The summed E-state index contributed by atoms with van der Waals surface area (Å²) in [5.41, 5.74) is 12.4. The van der Waals surface area contributed by atoms with Gasteiger partial charge in [-0.05, 0) is 107 Å². The number of benzene rings is 6. The third-order valence-electron chi connectivity index (χ3n) is 8.15. The van der Waals surface area contributed by atoms with E-state index in [1.807, 2.05) is 59.8 Å². The lowest BCUT2D eigenvalue weighted by Gasteiger charge is -2.20. The van der Waals surface area contributed by atoms with Gasteiger partial charge < -0.3 is 9.47 Å². The first kappa shape index (κ1) is 31.1. The molecule has 0 radical (unpaired) electrons. The van der Waals surface area contributed by atoms with Crippen molar-refractivity contribution in [3.8, 4) is 22.6 Å². The number of hydrogen-bond acceptors (Lipinski definition) is 4. The Morgan fingerprint density at radius 3 is 1.30 bits per heavy atom. The Balaban J connectivity index is 1.23. The number of aryl methyl sites for hydroxylation is 2. The summed E-state index contributed by atoms with van der Waals surface area (Å²) in [7, 11) is 3.33. The molecule has 0 saturated heterocycles. The number of nitrogens with zero attached hydrogens (tertiary/aromatic N) is 2. The van der Waals surface area contributed by atoms with Gasteiger partial charge in [-0.25, -0.2) is 5.01 Å². The Kier molecular flexibility index (Phi) is 9.59. The van der Waals surface area contributed by atoms with Crippen molar-refractivity contribution in [2.45, 2.75) is 13.8 Å². The third-order valence-corrected chi connectivity index (χ3v) is 8.15. The van der Waals surface area contributed by atoms with Gasteiger partial charge in [0.1, 0.15) is 11.5 Å². The minimum Gasteiger partial charge on any atom is -0.497 e. The first-order valence-corrected chi connectivity index (χ1v) is 15.7. The average Bonchev–Trinajstić information content (AvgIpc) is 3.13. The topological polar surface area (TPSA) is 34.1 Å². The van der Waals surface area contributed by atoms with Gasteiger partial charge in [-0.3, -0.25) is 0 Å². The van der Waals surface area contributed by atoms with Crippen molar-refractivity contribution < 1.29 is 9.47 Å². The molecule has 0 aromatic heterocycles. The van der Waals surface area contributed by atoms with E-state index in [1.165, 1.54) is 27.8 Å². The van der Waals surface area contributed by atoms with E-state index < -0.39 is 0 Å². The first-order chi connectivity index (χ1) is 23.0. The van der Waals surface area contributed by atoms with Crippen LogP contribution in [0.25, 0.3) is 22.8 Å². The van der Waals surface area contributed by atoms with E-state index in [9.17, 15) is 0 Å². The van der Waals surface area contributed by atoms with Crippen molar-refractivity contribution in [2.24, 2.45) is 5.10 Å². The SMILES string of the molecule is COc1ccc(N(N=Cc2ccc(-c3ccc(C=C(c4ccc(C)cc4)c4ccc(C)cc4)cc3)cc2)c2ccc(OC)cc2)cc1. The van der Waals surface area contributed by atoms with Crippen LogP contribution in [0.3, 0.4) is 0 Å². The second-order valence-electron chi connectivity index (χ2n) is 11.5. The lowest BCUT2D eigenvalue weighted by atomic mass is 9.94. The molecule has 0 aliphatic rings. The highest BCUT2D eigenvalue weighted by Crippen LogP contribution is 2.30. The molecule has 0 unspecified atom stereocenters. The van der Waals surface area contributed by atoms with Gasteiger partial charge in [-0.1, -0.05) is 108 Å². The molecule has 0 spiro atoms. The van der Waals surface area contributed by atoms with Crippen LogP contribution in [0.2, 0.25) is 0 Å². The molecule has 47 heavy (non-hydrogen) atoms. The molecular weight excluding hydrogens is 576 g/mol. The first-order valence-electron chi connectivity index (χ1n) is 15.7. The fraction of sp³-hybridized carbons (Fsp3) is 0.0930. The molecule has 0 saturated carbocycles. The van der Waals surface area contributed by atoms with Gasteiger partial charge in [0.05, 0.1) is 31.8 Å². The Morgan fingerprint density at radius 1 is 0.489 bits per heavy atom. The second-order valence-corrected chi connectivity index (χ2v) is 11.5. The molecule has 232 valence electrons. The van der Waals surface area contributed by atoms with Crippen LogP contribution >= 0.6 is 0 Å². The zero-order valence-electron chi connectivity index (χ0n) is 27.2. The van der Waals surface area contributed by atoms with Crippen LogP contribution in [0.4, 0.5) is 11.4 Å². The number of rotatable bonds is 10. The minimum absolute atomic E-state index is 0.796. The Labute approximate surface area is 277 Å². The monoisotopic (exact) mass is 614 g/mol. The van der Waals surface area contributed by atoms with Gasteiger partial charge in [0.2, 0.25) is 0 Å². The summed E-state index contributed by atoms with van der Waals surface area (Å²) in [6, 6.07) is 50.4. The zero-order valence-corrected chi connectivity index (χ0v) is 27.2. The second kappa shape index (κ2) is 14.5. The predicted molar refractivity (Wildman–Crippen MR) is 197 cm³/mol. The lowest BCUT2D eigenvalue weighted by Crippen LogP contribution is -2.09. The minimum atomic E-state index is 0.796. The molecule has 0 atom stereocenters. The summed E-state index contributed by atoms with van der Waals surface area (Å²) in [4.78, 5) is 0. The van der Waals surface area contributed by atoms with Crippen LogP contribution in [0.1, 0.15) is 33.4 Å². The van der Waals surface area contributed by atoms with Crippen molar-refractivity contribution in [3.05, 3.63) is 179 Å². The highest BCUT2D eigenvalue weighted by Gasteiger charge is 2.10. The van der Waals surface area contributed by atoms with E-state index in [0.29, 0.717) is 0 Å². The zero-order chi connectivity index (χ0) is 32.6. The van der Waals surface area contributed by atoms with Crippen molar-refractivity contribution in [1.82, 2.24) is 0 Å². The van der Waals surface area contributed by atoms with Gasteiger partial charge in [0.25, 0.3) is 0 Å². The highest BCUT2D eigenvalue weighted by atomic mass is 16.5. The normalized spacial score (nSPS) is 10.9. The van der Waals surface area contributed by atoms with E-state index in [0.717, 1.165) is 45.1 Å². The molecular formula is C43H38N2O2. The van der Waals surface area contributed by atoms with Crippen molar-refractivity contribution >= 4 is 29.2 Å². The van der Waals surface area contributed by atoms with Crippen molar-refractivity contribution in [1.29, 1.82) is 0 Å². The number of anilines is 2. The summed E-state index contributed by atoms with van der Waals surface area (Å²) < 4.78 is 10.7. The van der Waals surface area contributed by atoms with Crippen LogP contribution in [-0.4, -0.2) is 20.4 Å². The summed E-state index contributed by atoms with van der Waals surface area (Å²) in [5.74, 6) is 1.59. The van der Waals surface area contributed by atoms with Crippen LogP contribution in [0.15, 0.2) is 151 Å². The van der Waals surface area contributed by atoms with Crippen molar-refractivity contribution in [3.63, 3.8) is 0 Å². The molecule has 0 N–H and O–H groups in total. The van der Waals surface area contributed by atoms with Crippen LogP contribution in [0.5, 0.6) is 11.5 Å².